The van der Waals surface area contributed by atoms with Crippen LogP contribution in [0.15, 0.2) is 24.3 Å². The van der Waals surface area contributed by atoms with Gasteiger partial charge >= 0.3 is 0 Å². The predicted molar refractivity (Wildman–Crippen MR) is 92.1 cm³/mol. The summed E-state index contributed by atoms with van der Waals surface area (Å²) in [6.45, 7) is 2.57. The minimum absolute atomic E-state index is 0. The lowest BCUT2D eigenvalue weighted by molar-refractivity contribution is -0.121. The first kappa shape index (κ1) is 19.5. The molecule has 0 aromatic heterocycles. The van der Waals surface area contributed by atoms with Crippen molar-refractivity contribution >= 4 is 24.1 Å². The Morgan fingerprint density at radius 2 is 1.96 bits per heavy atom. The number of carbonyl (C=O) groups excluding carboxylic acids is 2. The van der Waals surface area contributed by atoms with Crippen LogP contribution in [0.3, 0.4) is 0 Å². The Kier molecular flexibility index (Phi) is 8.06. The van der Waals surface area contributed by atoms with Crippen molar-refractivity contribution in [3.63, 3.8) is 0 Å². The van der Waals surface area contributed by atoms with E-state index in [1.54, 1.807) is 24.3 Å². The van der Waals surface area contributed by atoms with Crippen LogP contribution in [0.4, 0.5) is 0 Å². The molecule has 128 valence electrons. The van der Waals surface area contributed by atoms with Crippen LogP contribution in [0.1, 0.15) is 43.0 Å². The zero-order valence-electron chi connectivity index (χ0n) is 13.4. The lowest BCUT2D eigenvalue weighted by atomic mass is 10.1. The molecular formula is C17H25ClN2O3. The van der Waals surface area contributed by atoms with Gasteiger partial charge in [-0.2, -0.15) is 0 Å². The van der Waals surface area contributed by atoms with Crippen molar-refractivity contribution in [1.82, 2.24) is 5.32 Å². The summed E-state index contributed by atoms with van der Waals surface area (Å²) in [5, 5.41) is 2.87. The second-order valence-corrected chi connectivity index (χ2v) is 5.84. The van der Waals surface area contributed by atoms with E-state index < -0.39 is 0 Å². The number of hydrogen-bond acceptors (Lipinski definition) is 4. The van der Waals surface area contributed by atoms with Gasteiger partial charge in [0.05, 0.1) is 6.61 Å². The van der Waals surface area contributed by atoms with Crippen molar-refractivity contribution in [3.8, 4) is 5.75 Å². The zero-order chi connectivity index (χ0) is 15.9. The van der Waals surface area contributed by atoms with Gasteiger partial charge in [0.15, 0.2) is 5.78 Å². The van der Waals surface area contributed by atoms with Gasteiger partial charge in [0.1, 0.15) is 5.75 Å². The summed E-state index contributed by atoms with van der Waals surface area (Å²) >= 11 is 0. The predicted octanol–water partition coefficient (Wildman–Crippen LogP) is 2.32. The number of hydrogen-bond donors (Lipinski definition) is 2. The molecule has 1 amide bonds. The molecule has 1 saturated carbocycles. The fourth-order valence-electron chi connectivity index (χ4n) is 2.22. The molecule has 0 bridgehead atoms. The average molecular weight is 341 g/mol. The molecule has 0 saturated heterocycles. The Morgan fingerprint density at radius 1 is 1.30 bits per heavy atom. The Labute approximate surface area is 143 Å². The van der Waals surface area contributed by atoms with Crippen LogP contribution in [0, 0.1) is 5.92 Å². The number of halogens is 1. The molecule has 1 fully saturated rings. The number of benzene rings is 1. The van der Waals surface area contributed by atoms with E-state index in [2.05, 4.69) is 5.32 Å². The Morgan fingerprint density at radius 3 is 2.52 bits per heavy atom. The molecule has 0 heterocycles. The van der Waals surface area contributed by atoms with E-state index in [1.165, 1.54) is 19.8 Å². The van der Waals surface area contributed by atoms with Gasteiger partial charge in [-0.15, -0.1) is 12.4 Å². The molecule has 1 aromatic rings. The molecule has 1 aliphatic rings. The van der Waals surface area contributed by atoms with E-state index in [4.69, 9.17) is 10.5 Å². The number of Topliss-reactive ketones (excluding diaryl/α,β-unsaturated/α-hetero) is 1. The highest BCUT2D eigenvalue weighted by Crippen LogP contribution is 2.31. The molecule has 6 heteroatoms. The smallest absolute Gasteiger partial charge is 0.220 e. The van der Waals surface area contributed by atoms with Crippen molar-refractivity contribution in [3.05, 3.63) is 29.8 Å². The summed E-state index contributed by atoms with van der Waals surface area (Å²) in [6.07, 6.45) is 3.46. The van der Waals surface area contributed by atoms with Gasteiger partial charge in [0.2, 0.25) is 5.91 Å². The van der Waals surface area contributed by atoms with Gasteiger partial charge in [0, 0.05) is 24.6 Å². The van der Waals surface area contributed by atoms with E-state index in [0.717, 1.165) is 0 Å². The summed E-state index contributed by atoms with van der Waals surface area (Å²) in [7, 11) is 0. The van der Waals surface area contributed by atoms with Crippen molar-refractivity contribution in [2.75, 3.05) is 13.2 Å². The third-order valence-electron chi connectivity index (χ3n) is 3.84. The first-order chi connectivity index (χ1) is 10.6. The molecule has 0 aliphatic heterocycles. The standard InChI is InChI=1S/C17H24N2O3.ClH/c1-12(20)13-6-8-15(9-7-13)22-10-2-3-17(21)19-11-16(18)14-4-5-14;/h6-9,14,16H,2-5,10-11,18H2,1H3,(H,19,21);1H. The van der Waals surface area contributed by atoms with Crippen LogP contribution >= 0.6 is 12.4 Å². The van der Waals surface area contributed by atoms with E-state index in [-0.39, 0.29) is 30.1 Å². The van der Waals surface area contributed by atoms with Crippen LogP contribution in [0.5, 0.6) is 5.75 Å². The minimum Gasteiger partial charge on any atom is -0.494 e. The van der Waals surface area contributed by atoms with Gasteiger partial charge in [-0.05, 0) is 56.4 Å². The maximum atomic E-state index is 11.7. The van der Waals surface area contributed by atoms with Crippen LogP contribution in [-0.4, -0.2) is 30.9 Å². The van der Waals surface area contributed by atoms with Crippen LogP contribution in [0.25, 0.3) is 0 Å². The Hall–Kier alpha value is -1.59. The second kappa shape index (κ2) is 9.53. The quantitative estimate of drug-likeness (QED) is 0.534. The van der Waals surface area contributed by atoms with Gasteiger partial charge < -0.3 is 15.8 Å². The van der Waals surface area contributed by atoms with Crippen LogP contribution in [-0.2, 0) is 4.79 Å². The molecule has 2 rings (SSSR count). The molecule has 1 atom stereocenters. The Balaban J connectivity index is 0.00000264. The molecule has 0 radical (unpaired) electrons. The second-order valence-electron chi connectivity index (χ2n) is 5.84. The molecule has 1 aliphatic carbocycles. The zero-order valence-corrected chi connectivity index (χ0v) is 14.2. The summed E-state index contributed by atoms with van der Waals surface area (Å²) in [5.74, 6) is 1.36. The highest BCUT2D eigenvalue weighted by Gasteiger charge is 2.28. The normalized spacial score (nSPS) is 14.5. The maximum Gasteiger partial charge on any atom is 0.220 e. The maximum absolute atomic E-state index is 11.7. The lowest BCUT2D eigenvalue weighted by Crippen LogP contribution is -2.38. The topological polar surface area (TPSA) is 81.4 Å². The summed E-state index contributed by atoms with van der Waals surface area (Å²) < 4.78 is 5.55. The summed E-state index contributed by atoms with van der Waals surface area (Å²) in [4.78, 5) is 22.8. The number of amides is 1. The summed E-state index contributed by atoms with van der Waals surface area (Å²) in [6, 6.07) is 7.12. The highest BCUT2D eigenvalue weighted by atomic mass is 35.5. The molecule has 0 spiro atoms. The van der Waals surface area contributed by atoms with Gasteiger partial charge in [-0.3, -0.25) is 9.59 Å². The van der Waals surface area contributed by atoms with Gasteiger partial charge in [-0.25, -0.2) is 0 Å². The molecule has 23 heavy (non-hydrogen) atoms. The third kappa shape index (κ3) is 7.01. The monoisotopic (exact) mass is 340 g/mol. The van der Waals surface area contributed by atoms with Gasteiger partial charge in [0.25, 0.3) is 0 Å². The number of ether oxygens (including phenoxy) is 1. The molecule has 1 unspecified atom stereocenters. The van der Waals surface area contributed by atoms with Crippen molar-refractivity contribution in [1.29, 1.82) is 0 Å². The number of rotatable bonds is 9. The van der Waals surface area contributed by atoms with E-state index in [9.17, 15) is 9.59 Å². The Bertz CT molecular complexity index is 515. The number of nitrogens with two attached hydrogens (primary N) is 1. The van der Waals surface area contributed by atoms with Gasteiger partial charge in [-0.1, -0.05) is 0 Å². The number of carbonyl (C=O) groups is 2. The highest BCUT2D eigenvalue weighted by molar-refractivity contribution is 5.94. The molecule has 5 nitrogen and oxygen atoms in total. The largest absolute Gasteiger partial charge is 0.494 e. The molecule has 1 aromatic carbocycles. The van der Waals surface area contributed by atoms with E-state index >= 15 is 0 Å². The SMILES string of the molecule is CC(=O)c1ccc(OCCCC(=O)NCC(N)C2CC2)cc1.Cl. The summed E-state index contributed by atoms with van der Waals surface area (Å²) in [5.41, 5.74) is 6.59. The van der Waals surface area contributed by atoms with E-state index in [1.807, 2.05) is 0 Å². The van der Waals surface area contributed by atoms with Crippen LogP contribution < -0.4 is 15.8 Å². The molecular weight excluding hydrogens is 316 g/mol. The molecule has 3 N–H and O–H groups in total. The fourth-order valence-corrected chi connectivity index (χ4v) is 2.22. The lowest BCUT2D eigenvalue weighted by Gasteiger charge is -2.11. The van der Waals surface area contributed by atoms with Crippen molar-refractivity contribution in [2.24, 2.45) is 11.7 Å². The first-order valence-corrected chi connectivity index (χ1v) is 7.82. The fraction of sp³-hybridized carbons (Fsp3) is 0.529. The average Bonchev–Trinajstić information content (AvgIpc) is 3.34. The third-order valence-corrected chi connectivity index (χ3v) is 3.84. The van der Waals surface area contributed by atoms with Crippen LogP contribution in [0.2, 0.25) is 0 Å². The number of nitrogens with one attached hydrogen (secondary N) is 1. The first-order valence-electron chi connectivity index (χ1n) is 7.82. The van der Waals surface area contributed by atoms with E-state index in [0.29, 0.717) is 43.2 Å². The van der Waals surface area contributed by atoms with Crippen molar-refractivity contribution < 1.29 is 14.3 Å². The van der Waals surface area contributed by atoms with Crippen molar-refractivity contribution in [2.45, 2.75) is 38.6 Å². The number of ketones is 1. The minimum atomic E-state index is 0.